The van der Waals surface area contributed by atoms with Gasteiger partial charge in [0.2, 0.25) is 17.7 Å². The molecule has 0 radical (unpaired) electrons. The van der Waals surface area contributed by atoms with Crippen LogP contribution in [0.5, 0.6) is 0 Å². The van der Waals surface area contributed by atoms with Gasteiger partial charge in [0, 0.05) is 38.0 Å². The smallest absolute Gasteiger partial charge is 0.229 e. The van der Waals surface area contributed by atoms with E-state index in [2.05, 4.69) is 24.1 Å². The van der Waals surface area contributed by atoms with Crippen LogP contribution in [0.1, 0.15) is 38.7 Å². The van der Waals surface area contributed by atoms with Crippen LogP contribution in [0, 0.1) is 0 Å². The largest absolute Gasteiger partial charge is 0.326 e. The number of likely N-dealkylation sites (tertiary alicyclic amines) is 1. The lowest BCUT2D eigenvalue weighted by atomic mass is 10.2. The molecule has 1 aromatic carbocycles. The highest BCUT2D eigenvalue weighted by molar-refractivity contribution is 6.02. The summed E-state index contributed by atoms with van der Waals surface area (Å²) in [4.78, 5) is 38.6. The summed E-state index contributed by atoms with van der Waals surface area (Å²) in [5.74, 6) is -0.564. The van der Waals surface area contributed by atoms with E-state index in [0.29, 0.717) is 0 Å². The molecule has 0 saturated carbocycles. The van der Waals surface area contributed by atoms with Crippen LogP contribution in [0.4, 0.5) is 5.69 Å². The quantitative estimate of drug-likeness (QED) is 0.740. The van der Waals surface area contributed by atoms with Crippen LogP contribution in [-0.4, -0.2) is 47.2 Å². The van der Waals surface area contributed by atoms with Crippen molar-refractivity contribution in [3.05, 3.63) is 29.8 Å². The Labute approximate surface area is 142 Å². The second-order valence-corrected chi connectivity index (χ2v) is 5.90. The van der Waals surface area contributed by atoms with E-state index < -0.39 is 0 Å². The molecular formula is C18H25N3O3. The molecule has 1 aromatic rings. The standard InChI is InChI=1S/C18H25N3O3/c1-3-20(4-2)13-14-6-5-7-15(12-14)19-16(22)10-11-21-17(23)8-9-18(21)24/h5-7,12H,3-4,8-11,13H2,1-2H3,(H,19,22). The Hall–Kier alpha value is -2.21. The predicted molar refractivity (Wildman–Crippen MR) is 92.3 cm³/mol. The molecule has 1 fully saturated rings. The fourth-order valence-corrected chi connectivity index (χ4v) is 2.76. The maximum Gasteiger partial charge on any atom is 0.229 e. The van der Waals surface area contributed by atoms with Gasteiger partial charge in [0.25, 0.3) is 0 Å². The summed E-state index contributed by atoms with van der Waals surface area (Å²) in [6, 6.07) is 7.76. The van der Waals surface area contributed by atoms with Gasteiger partial charge in [0.15, 0.2) is 0 Å². The number of carbonyl (C=O) groups is 3. The SMILES string of the molecule is CCN(CC)Cc1cccc(NC(=O)CCN2C(=O)CCC2=O)c1. The van der Waals surface area contributed by atoms with Gasteiger partial charge in [-0.15, -0.1) is 0 Å². The van der Waals surface area contributed by atoms with Gasteiger partial charge >= 0.3 is 0 Å². The van der Waals surface area contributed by atoms with E-state index in [0.717, 1.165) is 30.9 Å². The molecule has 0 bridgehead atoms. The average molecular weight is 331 g/mol. The number of anilines is 1. The lowest BCUT2D eigenvalue weighted by Crippen LogP contribution is -2.32. The van der Waals surface area contributed by atoms with Crippen LogP contribution in [0.25, 0.3) is 0 Å². The molecule has 3 amide bonds. The van der Waals surface area contributed by atoms with Gasteiger partial charge in [-0.3, -0.25) is 24.2 Å². The summed E-state index contributed by atoms with van der Waals surface area (Å²) in [7, 11) is 0. The van der Waals surface area contributed by atoms with E-state index in [4.69, 9.17) is 0 Å². The molecule has 6 heteroatoms. The minimum absolute atomic E-state index is 0.123. The molecule has 0 atom stereocenters. The van der Waals surface area contributed by atoms with Gasteiger partial charge in [-0.2, -0.15) is 0 Å². The summed E-state index contributed by atoms with van der Waals surface area (Å²) in [6.07, 6.45) is 0.638. The molecule has 6 nitrogen and oxygen atoms in total. The van der Waals surface area contributed by atoms with Crippen molar-refractivity contribution in [3.63, 3.8) is 0 Å². The first kappa shape index (κ1) is 18.1. The Kier molecular flexibility index (Phi) is 6.49. The number of rotatable bonds is 8. The number of hydrogen-bond acceptors (Lipinski definition) is 4. The van der Waals surface area contributed by atoms with Gasteiger partial charge in [-0.1, -0.05) is 26.0 Å². The third-order valence-corrected chi connectivity index (χ3v) is 4.23. The van der Waals surface area contributed by atoms with E-state index in [1.807, 2.05) is 24.3 Å². The Morgan fingerprint density at radius 1 is 1.17 bits per heavy atom. The van der Waals surface area contributed by atoms with Crippen molar-refractivity contribution in [1.29, 1.82) is 0 Å². The van der Waals surface area contributed by atoms with Crippen LogP contribution in [0.2, 0.25) is 0 Å². The summed E-state index contributed by atoms with van der Waals surface area (Å²) in [5.41, 5.74) is 1.88. The Morgan fingerprint density at radius 2 is 1.83 bits per heavy atom. The van der Waals surface area contributed by atoms with Crippen molar-refractivity contribution in [2.75, 3.05) is 25.0 Å². The fourth-order valence-electron chi connectivity index (χ4n) is 2.76. The summed E-state index contributed by atoms with van der Waals surface area (Å²) < 4.78 is 0. The normalized spacial score (nSPS) is 14.5. The minimum atomic E-state index is -0.192. The summed E-state index contributed by atoms with van der Waals surface area (Å²) in [6.45, 7) is 7.19. The molecule has 0 aromatic heterocycles. The van der Waals surface area contributed by atoms with Crippen LogP contribution < -0.4 is 5.32 Å². The fraction of sp³-hybridized carbons (Fsp3) is 0.500. The molecule has 0 aliphatic carbocycles. The van der Waals surface area contributed by atoms with Gasteiger partial charge in [-0.05, 0) is 30.8 Å². The number of imide groups is 1. The number of amides is 3. The summed E-state index contributed by atoms with van der Waals surface area (Å²) >= 11 is 0. The molecule has 130 valence electrons. The lowest BCUT2D eigenvalue weighted by Gasteiger charge is -2.18. The highest BCUT2D eigenvalue weighted by atomic mass is 16.2. The maximum absolute atomic E-state index is 12.1. The molecule has 1 aliphatic rings. The monoisotopic (exact) mass is 331 g/mol. The van der Waals surface area contributed by atoms with Gasteiger partial charge in [0.05, 0.1) is 0 Å². The van der Waals surface area contributed by atoms with Crippen molar-refractivity contribution in [2.24, 2.45) is 0 Å². The number of hydrogen-bond donors (Lipinski definition) is 1. The van der Waals surface area contributed by atoms with Gasteiger partial charge in [-0.25, -0.2) is 0 Å². The number of carbonyl (C=O) groups excluding carboxylic acids is 3. The second-order valence-electron chi connectivity index (χ2n) is 5.90. The van der Waals surface area contributed by atoms with E-state index in [-0.39, 0.29) is 43.5 Å². The van der Waals surface area contributed by atoms with Gasteiger partial charge in [0.1, 0.15) is 0 Å². The molecule has 0 unspecified atom stereocenters. The number of benzene rings is 1. The zero-order valence-corrected chi connectivity index (χ0v) is 14.4. The molecule has 1 N–H and O–H groups in total. The lowest BCUT2D eigenvalue weighted by molar-refractivity contribution is -0.138. The molecule has 1 saturated heterocycles. The number of nitrogens with zero attached hydrogens (tertiary/aromatic N) is 2. The van der Waals surface area contributed by atoms with Crippen molar-refractivity contribution in [2.45, 2.75) is 39.7 Å². The first-order chi connectivity index (χ1) is 11.5. The zero-order valence-electron chi connectivity index (χ0n) is 14.4. The first-order valence-electron chi connectivity index (χ1n) is 8.47. The predicted octanol–water partition coefficient (Wildman–Crippen LogP) is 2.01. The van der Waals surface area contributed by atoms with Crippen molar-refractivity contribution >= 4 is 23.4 Å². The third kappa shape index (κ3) is 4.89. The average Bonchev–Trinajstić information content (AvgIpc) is 2.89. The Bertz CT molecular complexity index is 595. The van der Waals surface area contributed by atoms with Crippen LogP contribution in [0.3, 0.4) is 0 Å². The minimum Gasteiger partial charge on any atom is -0.326 e. The maximum atomic E-state index is 12.1. The zero-order chi connectivity index (χ0) is 17.5. The molecular weight excluding hydrogens is 306 g/mol. The van der Waals surface area contributed by atoms with Crippen molar-refractivity contribution < 1.29 is 14.4 Å². The molecule has 0 spiro atoms. The van der Waals surface area contributed by atoms with E-state index in [1.54, 1.807) is 0 Å². The van der Waals surface area contributed by atoms with Crippen LogP contribution in [0.15, 0.2) is 24.3 Å². The van der Waals surface area contributed by atoms with Gasteiger partial charge < -0.3 is 5.32 Å². The van der Waals surface area contributed by atoms with E-state index >= 15 is 0 Å². The Balaban J connectivity index is 1.87. The Morgan fingerprint density at radius 3 is 2.46 bits per heavy atom. The third-order valence-electron chi connectivity index (χ3n) is 4.23. The topological polar surface area (TPSA) is 69.7 Å². The summed E-state index contributed by atoms with van der Waals surface area (Å²) in [5, 5.41) is 2.84. The van der Waals surface area contributed by atoms with Crippen LogP contribution in [-0.2, 0) is 20.9 Å². The van der Waals surface area contributed by atoms with Crippen molar-refractivity contribution in [3.8, 4) is 0 Å². The first-order valence-corrected chi connectivity index (χ1v) is 8.47. The second kappa shape index (κ2) is 8.59. The molecule has 24 heavy (non-hydrogen) atoms. The molecule has 1 aliphatic heterocycles. The highest BCUT2D eigenvalue weighted by Crippen LogP contribution is 2.15. The van der Waals surface area contributed by atoms with Crippen molar-refractivity contribution in [1.82, 2.24) is 9.80 Å². The highest BCUT2D eigenvalue weighted by Gasteiger charge is 2.28. The number of nitrogens with one attached hydrogen (secondary N) is 1. The van der Waals surface area contributed by atoms with Crippen LogP contribution >= 0.6 is 0 Å². The van der Waals surface area contributed by atoms with E-state index in [9.17, 15) is 14.4 Å². The molecule has 1 heterocycles. The van der Waals surface area contributed by atoms with E-state index in [1.165, 1.54) is 4.90 Å². The molecule has 2 rings (SSSR count).